The Morgan fingerprint density at radius 2 is 1.43 bits per heavy atom. The summed E-state index contributed by atoms with van der Waals surface area (Å²) in [7, 11) is 1.21. The van der Waals surface area contributed by atoms with E-state index in [9.17, 15) is 22.0 Å². The largest absolute Gasteiger partial charge is 0.494 e. The molecule has 0 aromatic heterocycles. The van der Waals surface area contributed by atoms with Crippen LogP contribution in [0.2, 0.25) is 0 Å². The molecule has 30 heavy (non-hydrogen) atoms. The maximum Gasteiger partial charge on any atom is 0.432 e. The molecule has 2 nitrogen and oxygen atoms in total. The number of rotatable bonds is 7. The number of aryl methyl sites for hydroxylation is 1. The van der Waals surface area contributed by atoms with Crippen LogP contribution in [0.15, 0.2) is 54.6 Å². The topological polar surface area (TPSA) is 18.5 Å². The van der Waals surface area contributed by atoms with Gasteiger partial charge in [0.25, 0.3) is 0 Å². The predicted molar refractivity (Wildman–Crippen MR) is 103 cm³/mol. The molecule has 0 atom stereocenters. The van der Waals surface area contributed by atoms with Gasteiger partial charge in [0.2, 0.25) is 0 Å². The number of halogens is 5. The lowest BCUT2D eigenvalue weighted by molar-refractivity contribution is -0.189. The molecule has 0 unspecified atom stereocenters. The highest BCUT2D eigenvalue weighted by molar-refractivity contribution is 5.64. The van der Waals surface area contributed by atoms with Gasteiger partial charge >= 0.3 is 6.11 Å². The predicted octanol–water partition coefficient (Wildman–Crippen LogP) is 6.86. The molecule has 158 valence electrons. The van der Waals surface area contributed by atoms with E-state index in [4.69, 9.17) is 4.74 Å². The average Bonchev–Trinajstić information content (AvgIpc) is 2.68. The van der Waals surface area contributed by atoms with Gasteiger partial charge in [0.05, 0.1) is 7.11 Å². The molecule has 0 N–H and O–H groups in total. The van der Waals surface area contributed by atoms with E-state index in [1.54, 1.807) is 12.1 Å². The van der Waals surface area contributed by atoms with Crippen molar-refractivity contribution < 1.29 is 31.4 Å². The minimum atomic E-state index is -4.36. The molecule has 3 aromatic rings. The number of methoxy groups -OCH3 is 1. The molecule has 0 aliphatic heterocycles. The van der Waals surface area contributed by atoms with Crippen LogP contribution in [0.4, 0.5) is 22.0 Å². The van der Waals surface area contributed by atoms with E-state index in [-0.39, 0.29) is 11.3 Å². The van der Waals surface area contributed by atoms with Crippen LogP contribution in [0, 0.1) is 17.5 Å². The van der Waals surface area contributed by atoms with Crippen LogP contribution in [0.1, 0.15) is 24.5 Å². The van der Waals surface area contributed by atoms with Crippen LogP contribution in [-0.4, -0.2) is 7.11 Å². The van der Waals surface area contributed by atoms with Gasteiger partial charge in [0, 0.05) is 6.07 Å². The molecule has 0 bridgehead atoms. The molecule has 0 aliphatic rings. The van der Waals surface area contributed by atoms with Crippen LogP contribution in [-0.2, 0) is 12.5 Å². The molecular weight excluding hydrogens is 403 g/mol. The van der Waals surface area contributed by atoms with Crippen molar-refractivity contribution in [2.45, 2.75) is 25.9 Å². The summed E-state index contributed by atoms with van der Waals surface area (Å²) in [6.45, 7) is 2.03. The fourth-order valence-electron chi connectivity index (χ4n) is 3.08. The van der Waals surface area contributed by atoms with Gasteiger partial charge in [-0.15, -0.1) is 0 Å². The summed E-state index contributed by atoms with van der Waals surface area (Å²) in [6.07, 6.45) is -2.55. The third kappa shape index (κ3) is 4.56. The third-order valence-corrected chi connectivity index (χ3v) is 4.53. The summed E-state index contributed by atoms with van der Waals surface area (Å²) in [6, 6.07) is 11.3. The Hall–Kier alpha value is -3.09. The van der Waals surface area contributed by atoms with Crippen molar-refractivity contribution in [2.24, 2.45) is 0 Å². The second-order valence-corrected chi connectivity index (χ2v) is 6.68. The molecule has 0 aliphatic carbocycles. The smallest absolute Gasteiger partial charge is 0.432 e. The van der Waals surface area contributed by atoms with Gasteiger partial charge in [-0.1, -0.05) is 37.6 Å². The lowest BCUT2D eigenvalue weighted by Crippen LogP contribution is -2.25. The minimum Gasteiger partial charge on any atom is -0.494 e. The van der Waals surface area contributed by atoms with Gasteiger partial charge in [0.15, 0.2) is 11.6 Å². The highest BCUT2D eigenvalue weighted by Gasteiger charge is 2.41. The quantitative estimate of drug-likeness (QED) is 0.387. The first-order valence-corrected chi connectivity index (χ1v) is 9.24. The number of hydrogen-bond acceptors (Lipinski definition) is 2. The van der Waals surface area contributed by atoms with Crippen molar-refractivity contribution in [3.63, 3.8) is 0 Å². The van der Waals surface area contributed by atoms with Gasteiger partial charge in [-0.3, -0.25) is 0 Å². The van der Waals surface area contributed by atoms with Crippen LogP contribution < -0.4 is 9.47 Å². The van der Waals surface area contributed by atoms with E-state index in [0.29, 0.717) is 11.6 Å². The number of hydrogen-bond donors (Lipinski definition) is 0. The monoisotopic (exact) mass is 422 g/mol. The van der Waals surface area contributed by atoms with Crippen molar-refractivity contribution in [3.05, 3.63) is 83.2 Å². The zero-order chi connectivity index (χ0) is 21.9. The Balaban J connectivity index is 1.91. The normalized spacial score (nSPS) is 11.4. The Bertz CT molecular complexity index is 1010. The molecule has 0 fully saturated rings. The second kappa shape index (κ2) is 8.73. The van der Waals surface area contributed by atoms with Crippen molar-refractivity contribution in [3.8, 4) is 22.6 Å². The molecule has 7 heteroatoms. The van der Waals surface area contributed by atoms with E-state index in [2.05, 4.69) is 4.74 Å². The van der Waals surface area contributed by atoms with Crippen molar-refractivity contribution >= 4 is 0 Å². The molecule has 0 radical (unpaired) electrons. The van der Waals surface area contributed by atoms with E-state index >= 15 is 0 Å². The summed E-state index contributed by atoms with van der Waals surface area (Å²) < 4.78 is 80.8. The molecule has 3 aromatic carbocycles. The van der Waals surface area contributed by atoms with Gasteiger partial charge in [0.1, 0.15) is 22.9 Å². The minimum absolute atomic E-state index is 0.114. The average molecular weight is 422 g/mol. The molecule has 0 amide bonds. The molecule has 0 saturated carbocycles. The maximum atomic E-state index is 14.5. The van der Waals surface area contributed by atoms with Crippen LogP contribution in [0.25, 0.3) is 11.1 Å². The van der Waals surface area contributed by atoms with E-state index in [1.807, 2.05) is 19.1 Å². The Morgan fingerprint density at radius 1 is 0.800 bits per heavy atom. The van der Waals surface area contributed by atoms with Crippen LogP contribution >= 0.6 is 0 Å². The first kappa shape index (κ1) is 21.6. The molecular formula is C23H19F5O2. The van der Waals surface area contributed by atoms with Crippen molar-refractivity contribution in [2.75, 3.05) is 7.11 Å². The molecule has 0 heterocycles. The number of ether oxygens (including phenoxy) is 2. The zero-order valence-corrected chi connectivity index (χ0v) is 16.3. The molecule has 0 spiro atoms. The van der Waals surface area contributed by atoms with Gasteiger partial charge < -0.3 is 9.47 Å². The van der Waals surface area contributed by atoms with E-state index in [0.717, 1.165) is 42.7 Å². The standard InChI is InChI=1S/C23H19F5O2/c1-3-4-14-5-7-15(8-6-14)16-11-19(25)22(20(26)12-16)23(27,28)30-17-9-10-21(29-2)18(24)13-17/h5-13H,3-4H2,1-2H3. The lowest BCUT2D eigenvalue weighted by atomic mass is 10.00. The van der Waals surface area contributed by atoms with Gasteiger partial charge in [-0.25, -0.2) is 13.2 Å². The second-order valence-electron chi connectivity index (χ2n) is 6.68. The van der Waals surface area contributed by atoms with Gasteiger partial charge in [-0.2, -0.15) is 8.78 Å². The van der Waals surface area contributed by atoms with Crippen LogP contribution in [0.3, 0.4) is 0 Å². The lowest BCUT2D eigenvalue weighted by Gasteiger charge is -2.20. The van der Waals surface area contributed by atoms with Crippen molar-refractivity contribution in [1.82, 2.24) is 0 Å². The Labute approximate surface area is 170 Å². The van der Waals surface area contributed by atoms with Crippen molar-refractivity contribution in [1.29, 1.82) is 0 Å². The number of benzene rings is 3. The fourth-order valence-corrected chi connectivity index (χ4v) is 3.08. The summed E-state index contributed by atoms with van der Waals surface area (Å²) in [4.78, 5) is 0. The molecule has 0 saturated heterocycles. The summed E-state index contributed by atoms with van der Waals surface area (Å²) in [5.74, 6) is -4.68. The summed E-state index contributed by atoms with van der Waals surface area (Å²) in [5, 5.41) is 0. The number of alkyl halides is 2. The zero-order valence-electron chi connectivity index (χ0n) is 16.3. The molecule has 3 rings (SSSR count). The summed E-state index contributed by atoms with van der Waals surface area (Å²) >= 11 is 0. The SMILES string of the molecule is CCCc1ccc(-c2cc(F)c(C(F)(F)Oc3ccc(OC)c(F)c3)c(F)c2)cc1. The first-order chi connectivity index (χ1) is 14.2. The first-order valence-electron chi connectivity index (χ1n) is 9.24. The van der Waals surface area contributed by atoms with E-state index in [1.165, 1.54) is 7.11 Å². The van der Waals surface area contributed by atoms with E-state index < -0.39 is 34.9 Å². The van der Waals surface area contributed by atoms with Gasteiger partial charge in [-0.05, 0) is 47.4 Å². The highest BCUT2D eigenvalue weighted by Crippen LogP contribution is 2.37. The summed E-state index contributed by atoms with van der Waals surface area (Å²) in [5.41, 5.74) is 0.110. The maximum absolute atomic E-state index is 14.5. The van der Waals surface area contributed by atoms with Crippen LogP contribution in [0.5, 0.6) is 11.5 Å². The Morgan fingerprint density at radius 3 is 1.97 bits per heavy atom. The highest BCUT2D eigenvalue weighted by atomic mass is 19.3. The third-order valence-electron chi connectivity index (χ3n) is 4.53. The Kier molecular flexibility index (Phi) is 6.29. The fraction of sp³-hybridized carbons (Fsp3) is 0.217.